The van der Waals surface area contributed by atoms with Gasteiger partial charge in [0.15, 0.2) is 0 Å². The second-order valence-electron chi connectivity index (χ2n) is 6.37. The van der Waals surface area contributed by atoms with E-state index in [9.17, 15) is 22.0 Å². The van der Waals surface area contributed by atoms with Crippen molar-refractivity contribution in [2.75, 3.05) is 4.90 Å². The first kappa shape index (κ1) is 18.9. The predicted octanol–water partition coefficient (Wildman–Crippen LogP) is 6.78. The average molecular weight is 377 g/mol. The molecule has 3 aromatic carbocycles. The van der Waals surface area contributed by atoms with Gasteiger partial charge in [0.25, 0.3) is 0 Å². The molecule has 0 amide bonds. The Morgan fingerprint density at radius 2 is 0.963 bits per heavy atom. The maximum absolute atomic E-state index is 14.6. The zero-order chi connectivity index (χ0) is 19.9. The minimum absolute atomic E-state index is 0.0300. The highest BCUT2D eigenvalue weighted by molar-refractivity contribution is 5.77. The smallest absolute Gasteiger partial charge is 0.147 e. The zero-order valence-corrected chi connectivity index (χ0v) is 14.9. The molecule has 0 atom stereocenters. The lowest BCUT2D eigenvalue weighted by Gasteiger charge is -2.27. The number of nitrogens with zero attached hydrogens (tertiary/aromatic N) is 1. The van der Waals surface area contributed by atoms with Crippen LogP contribution in [0.2, 0.25) is 0 Å². The minimum Gasteiger partial charge on any atom is -0.305 e. The van der Waals surface area contributed by atoms with Gasteiger partial charge in [0.05, 0.1) is 11.4 Å². The van der Waals surface area contributed by atoms with E-state index < -0.39 is 29.1 Å². The summed E-state index contributed by atoms with van der Waals surface area (Å²) in [5.41, 5.74) is -0.247. The highest BCUT2D eigenvalue weighted by atomic mass is 19.1. The third-order valence-corrected chi connectivity index (χ3v) is 4.35. The molecule has 27 heavy (non-hydrogen) atoms. The van der Waals surface area contributed by atoms with E-state index in [1.54, 1.807) is 0 Å². The van der Waals surface area contributed by atoms with Crippen molar-refractivity contribution in [1.29, 1.82) is 0 Å². The molecule has 3 rings (SSSR count). The molecule has 0 aromatic heterocycles. The fraction of sp³-hybridized carbons (Fsp3) is 0.143. The van der Waals surface area contributed by atoms with Gasteiger partial charge < -0.3 is 4.90 Å². The van der Waals surface area contributed by atoms with Gasteiger partial charge in [-0.25, -0.2) is 22.0 Å². The van der Waals surface area contributed by atoms with Crippen LogP contribution in [0.15, 0.2) is 42.5 Å². The van der Waals surface area contributed by atoms with Crippen LogP contribution in [0.3, 0.4) is 0 Å². The van der Waals surface area contributed by atoms with Crippen molar-refractivity contribution in [2.24, 2.45) is 0 Å². The van der Waals surface area contributed by atoms with Gasteiger partial charge in [-0.3, -0.25) is 0 Å². The van der Waals surface area contributed by atoms with Gasteiger partial charge in [-0.2, -0.15) is 0 Å². The van der Waals surface area contributed by atoms with E-state index in [1.807, 2.05) is 0 Å². The van der Waals surface area contributed by atoms with Crippen LogP contribution >= 0.6 is 0 Å². The van der Waals surface area contributed by atoms with Crippen LogP contribution in [0.4, 0.5) is 39.0 Å². The van der Waals surface area contributed by atoms with Gasteiger partial charge in [-0.15, -0.1) is 0 Å². The van der Waals surface area contributed by atoms with E-state index >= 15 is 0 Å². The van der Waals surface area contributed by atoms with E-state index in [4.69, 9.17) is 0 Å². The molecule has 0 heterocycles. The van der Waals surface area contributed by atoms with E-state index in [1.165, 1.54) is 32.9 Å². The molecule has 0 saturated heterocycles. The molecule has 0 N–H and O–H groups in total. The molecule has 3 aromatic rings. The Balaban J connectivity index is 2.32. The largest absolute Gasteiger partial charge is 0.305 e. The molecule has 0 radical (unpaired) electrons. The monoisotopic (exact) mass is 377 g/mol. The summed E-state index contributed by atoms with van der Waals surface area (Å²) in [6, 6.07) is 7.55. The van der Waals surface area contributed by atoms with Crippen molar-refractivity contribution in [3.63, 3.8) is 0 Å². The minimum atomic E-state index is -0.852. The van der Waals surface area contributed by atoms with Crippen molar-refractivity contribution in [3.05, 3.63) is 88.2 Å². The number of halogens is 5. The van der Waals surface area contributed by atoms with Gasteiger partial charge in [0.1, 0.15) is 29.1 Å². The summed E-state index contributed by atoms with van der Waals surface area (Å²) < 4.78 is 71.6. The van der Waals surface area contributed by atoms with Crippen LogP contribution in [-0.2, 0) is 0 Å². The quantitative estimate of drug-likeness (QED) is 0.455. The standard InChI is InChI=1S/C21H16F5N/c1-11-4-5-14(8-15(11)22)27(20-9-16(23)12(2)6-18(20)25)21-10-17(24)13(3)7-19(21)26/h4-10H,1-3H3. The van der Waals surface area contributed by atoms with Gasteiger partial charge >= 0.3 is 0 Å². The van der Waals surface area contributed by atoms with Crippen molar-refractivity contribution in [1.82, 2.24) is 0 Å². The lowest BCUT2D eigenvalue weighted by atomic mass is 10.1. The molecule has 0 aliphatic heterocycles. The average Bonchev–Trinajstić information content (AvgIpc) is 2.60. The topological polar surface area (TPSA) is 3.24 Å². The summed E-state index contributed by atoms with van der Waals surface area (Å²) in [6.45, 7) is 4.29. The highest BCUT2D eigenvalue weighted by Gasteiger charge is 2.23. The molecule has 0 aliphatic rings. The zero-order valence-electron chi connectivity index (χ0n) is 14.9. The fourth-order valence-electron chi connectivity index (χ4n) is 2.74. The maximum Gasteiger partial charge on any atom is 0.147 e. The molecule has 0 aliphatic carbocycles. The van der Waals surface area contributed by atoms with Crippen molar-refractivity contribution in [2.45, 2.75) is 20.8 Å². The third kappa shape index (κ3) is 3.52. The number of anilines is 3. The van der Waals surface area contributed by atoms with E-state index in [0.717, 1.165) is 35.2 Å². The molecule has 6 heteroatoms. The Bertz CT molecular complexity index is 972. The van der Waals surface area contributed by atoms with Crippen LogP contribution < -0.4 is 4.90 Å². The Morgan fingerprint density at radius 1 is 0.519 bits per heavy atom. The first-order chi connectivity index (χ1) is 12.7. The van der Waals surface area contributed by atoms with Crippen LogP contribution in [0, 0.1) is 49.9 Å². The molecular weight excluding hydrogens is 361 g/mol. The van der Waals surface area contributed by atoms with E-state index in [0.29, 0.717) is 5.56 Å². The van der Waals surface area contributed by atoms with Gasteiger partial charge in [-0.1, -0.05) is 6.07 Å². The summed E-state index contributed by atoms with van der Waals surface area (Å²) in [6.07, 6.45) is 0. The number of hydrogen-bond donors (Lipinski definition) is 0. The van der Waals surface area contributed by atoms with Crippen LogP contribution in [-0.4, -0.2) is 0 Å². The maximum atomic E-state index is 14.6. The SMILES string of the molecule is Cc1ccc(N(c2cc(F)c(C)cc2F)c2cc(F)c(C)cc2F)cc1F. The van der Waals surface area contributed by atoms with Crippen molar-refractivity contribution >= 4 is 17.1 Å². The fourth-order valence-corrected chi connectivity index (χ4v) is 2.74. The van der Waals surface area contributed by atoms with E-state index in [-0.39, 0.29) is 28.2 Å². The Labute approximate surface area is 153 Å². The number of rotatable bonds is 3. The van der Waals surface area contributed by atoms with Crippen molar-refractivity contribution < 1.29 is 22.0 Å². The first-order valence-corrected chi connectivity index (χ1v) is 8.16. The second kappa shape index (κ2) is 7.02. The van der Waals surface area contributed by atoms with E-state index in [2.05, 4.69) is 0 Å². The van der Waals surface area contributed by atoms with Crippen LogP contribution in [0.25, 0.3) is 0 Å². The Kier molecular flexibility index (Phi) is 4.91. The molecule has 0 spiro atoms. The summed E-state index contributed by atoms with van der Waals surface area (Å²) >= 11 is 0. The molecule has 1 nitrogen and oxygen atoms in total. The predicted molar refractivity (Wildman–Crippen MR) is 95.1 cm³/mol. The number of aryl methyl sites for hydroxylation is 3. The van der Waals surface area contributed by atoms with Gasteiger partial charge in [0, 0.05) is 17.8 Å². The first-order valence-electron chi connectivity index (χ1n) is 8.16. The Hall–Kier alpha value is -2.89. The summed E-state index contributed by atoms with van der Waals surface area (Å²) in [5.74, 6) is -3.77. The van der Waals surface area contributed by atoms with Crippen LogP contribution in [0.1, 0.15) is 16.7 Å². The summed E-state index contributed by atoms with van der Waals surface area (Å²) in [7, 11) is 0. The van der Waals surface area contributed by atoms with Crippen LogP contribution in [0.5, 0.6) is 0 Å². The second-order valence-corrected chi connectivity index (χ2v) is 6.37. The number of benzene rings is 3. The molecule has 0 unspecified atom stereocenters. The lowest BCUT2D eigenvalue weighted by molar-refractivity contribution is 0.585. The summed E-state index contributed by atoms with van der Waals surface area (Å²) in [5, 5.41) is 0. The Morgan fingerprint density at radius 3 is 1.41 bits per heavy atom. The molecular formula is C21H16F5N. The lowest BCUT2D eigenvalue weighted by Crippen LogP contribution is -2.15. The molecule has 140 valence electrons. The van der Waals surface area contributed by atoms with Crippen molar-refractivity contribution in [3.8, 4) is 0 Å². The normalized spacial score (nSPS) is 11.0. The molecule has 0 fully saturated rings. The van der Waals surface area contributed by atoms with Gasteiger partial charge in [0.2, 0.25) is 0 Å². The molecule has 0 saturated carbocycles. The van der Waals surface area contributed by atoms with Gasteiger partial charge in [-0.05, 0) is 61.7 Å². The summed E-state index contributed by atoms with van der Waals surface area (Å²) in [4.78, 5) is 0.957. The highest BCUT2D eigenvalue weighted by Crippen LogP contribution is 2.39. The molecule has 0 bridgehead atoms. The third-order valence-electron chi connectivity index (χ3n) is 4.35. The number of hydrogen-bond acceptors (Lipinski definition) is 1.